The second-order valence-corrected chi connectivity index (χ2v) is 7.17. The van der Waals surface area contributed by atoms with Gasteiger partial charge in [-0.25, -0.2) is 0 Å². The molecule has 4 heteroatoms. The largest absolute Gasteiger partial charge is 0.337 e. The van der Waals surface area contributed by atoms with Crippen molar-refractivity contribution in [3.05, 3.63) is 0 Å². The minimum absolute atomic E-state index is 0.273. The van der Waals surface area contributed by atoms with E-state index >= 15 is 0 Å². The highest BCUT2D eigenvalue weighted by molar-refractivity contribution is 8.01. The number of carbonyl (C=O) groups is 1. The second-order valence-electron chi connectivity index (χ2n) is 5.68. The van der Waals surface area contributed by atoms with Gasteiger partial charge in [0, 0.05) is 35.5 Å². The summed E-state index contributed by atoms with van der Waals surface area (Å²) in [4.78, 5) is 13.8. The summed E-state index contributed by atoms with van der Waals surface area (Å²) in [6, 6.07) is 1.40. The van der Waals surface area contributed by atoms with Gasteiger partial charge in [0.1, 0.15) is 0 Å². The standard InChI is InChI=1S/C12H20N2OS/c1-8(15)14-10-2-3-11(14)6-12(5-10)4-9(13)7-16-12/h9-11H,2-7,13H2,1H3. The van der Waals surface area contributed by atoms with Crippen molar-refractivity contribution in [2.45, 2.75) is 61.9 Å². The minimum Gasteiger partial charge on any atom is -0.337 e. The Morgan fingerprint density at radius 1 is 1.31 bits per heavy atom. The van der Waals surface area contributed by atoms with Gasteiger partial charge < -0.3 is 10.6 Å². The van der Waals surface area contributed by atoms with Crippen molar-refractivity contribution in [1.29, 1.82) is 0 Å². The zero-order valence-electron chi connectivity index (χ0n) is 9.82. The van der Waals surface area contributed by atoms with Crippen LogP contribution in [0.15, 0.2) is 0 Å². The molecule has 0 aromatic carbocycles. The molecule has 0 aromatic heterocycles. The number of hydrogen-bond donors (Lipinski definition) is 1. The monoisotopic (exact) mass is 240 g/mol. The van der Waals surface area contributed by atoms with E-state index in [-0.39, 0.29) is 5.91 Å². The van der Waals surface area contributed by atoms with Crippen LogP contribution in [0, 0.1) is 0 Å². The molecule has 3 fully saturated rings. The summed E-state index contributed by atoms with van der Waals surface area (Å²) in [5.41, 5.74) is 6.04. The third-order valence-electron chi connectivity index (χ3n) is 4.44. The van der Waals surface area contributed by atoms with Crippen LogP contribution in [0.5, 0.6) is 0 Å². The molecule has 2 bridgehead atoms. The molecule has 0 aliphatic carbocycles. The molecule has 0 aromatic rings. The Kier molecular flexibility index (Phi) is 2.48. The van der Waals surface area contributed by atoms with Crippen molar-refractivity contribution in [3.8, 4) is 0 Å². The van der Waals surface area contributed by atoms with Gasteiger partial charge in [0.2, 0.25) is 5.91 Å². The summed E-state index contributed by atoms with van der Waals surface area (Å²) in [5, 5.41) is 0. The number of amides is 1. The van der Waals surface area contributed by atoms with E-state index in [1.807, 2.05) is 0 Å². The van der Waals surface area contributed by atoms with E-state index in [1.54, 1.807) is 6.92 Å². The fourth-order valence-corrected chi connectivity index (χ4v) is 5.62. The van der Waals surface area contributed by atoms with E-state index < -0.39 is 0 Å². The van der Waals surface area contributed by atoms with Crippen LogP contribution in [0.2, 0.25) is 0 Å². The number of hydrogen-bond acceptors (Lipinski definition) is 3. The first kappa shape index (κ1) is 10.9. The van der Waals surface area contributed by atoms with Crippen LogP contribution in [0.25, 0.3) is 0 Å². The maximum atomic E-state index is 11.6. The minimum atomic E-state index is 0.273. The smallest absolute Gasteiger partial charge is 0.219 e. The SMILES string of the molecule is CC(=O)N1C2CCC1CC1(CC(N)CS1)C2. The fourth-order valence-electron chi connectivity index (χ4n) is 3.98. The van der Waals surface area contributed by atoms with Crippen molar-refractivity contribution in [3.63, 3.8) is 0 Å². The van der Waals surface area contributed by atoms with Crippen molar-refractivity contribution >= 4 is 17.7 Å². The number of thioether (sulfide) groups is 1. The predicted molar refractivity (Wildman–Crippen MR) is 66.3 cm³/mol. The molecule has 3 nitrogen and oxygen atoms in total. The Balaban J connectivity index is 1.80. The van der Waals surface area contributed by atoms with Crippen molar-refractivity contribution in [2.24, 2.45) is 5.73 Å². The third-order valence-corrected chi connectivity index (χ3v) is 6.14. The lowest BCUT2D eigenvalue weighted by Crippen LogP contribution is -2.51. The molecule has 3 aliphatic heterocycles. The molecular formula is C12H20N2OS. The maximum absolute atomic E-state index is 11.6. The van der Waals surface area contributed by atoms with Crippen molar-refractivity contribution < 1.29 is 4.79 Å². The second kappa shape index (κ2) is 3.64. The first-order chi connectivity index (χ1) is 7.60. The van der Waals surface area contributed by atoms with Crippen LogP contribution in [-0.2, 0) is 4.79 Å². The number of piperidine rings is 1. The lowest BCUT2D eigenvalue weighted by atomic mass is 9.85. The highest BCUT2D eigenvalue weighted by atomic mass is 32.2. The van der Waals surface area contributed by atoms with E-state index in [9.17, 15) is 4.79 Å². The normalized spacial score (nSPS) is 46.6. The van der Waals surface area contributed by atoms with E-state index in [4.69, 9.17) is 5.73 Å². The van der Waals surface area contributed by atoms with Crippen molar-refractivity contribution in [2.75, 3.05) is 5.75 Å². The molecule has 3 saturated heterocycles. The molecule has 1 spiro atoms. The van der Waals surface area contributed by atoms with Crippen LogP contribution in [0.4, 0.5) is 0 Å². The lowest BCUT2D eigenvalue weighted by molar-refractivity contribution is -0.133. The summed E-state index contributed by atoms with van der Waals surface area (Å²) in [6.07, 6.45) is 5.95. The molecule has 90 valence electrons. The maximum Gasteiger partial charge on any atom is 0.219 e. The van der Waals surface area contributed by atoms with E-state index in [0.717, 1.165) is 12.2 Å². The lowest BCUT2D eigenvalue weighted by Gasteiger charge is -2.44. The molecule has 3 aliphatic rings. The average molecular weight is 240 g/mol. The number of nitrogens with zero attached hydrogens (tertiary/aromatic N) is 1. The Morgan fingerprint density at radius 2 is 1.94 bits per heavy atom. The predicted octanol–water partition coefficient (Wildman–Crippen LogP) is 1.36. The number of carbonyl (C=O) groups excluding carboxylic acids is 1. The fraction of sp³-hybridized carbons (Fsp3) is 0.917. The van der Waals surface area contributed by atoms with Gasteiger partial charge in [-0.3, -0.25) is 4.79 Å². The van der Waals surface area contributed by atoms with Gasteiger partial charge in [-0.1, -0.05) is 0 Å². The van der Waals surface area contributed by atoms with Gasteiger partial charge in [-0.15, -0.1) is 0 Å². The van der Waals surface area contributed by atoms with Crippen LogP contribution in [0.3, 0.4) is 0 Å². The molecule has 3 atom stereocenters. The third kappa shape index (κ3) is 1.58. The quantitative estimate of drug-likeness (QED) is 0.695. The molecule has 16 heavy (non-hydrogen) atoms. The van der Waals surface area contributed by atoms with E-state index in [2.05, 4.69) is 16.7 Å². The van der Waals surface area contributed by atoms with E-state index in [1.165, 1.54) is 25.7 Å². The Hall–Kier alpha value is -0.220. The Morgan fingerprint density at radius 3 is 2.38 bits per heavy atom. The average Bonchev–Trinajstić information content (AvgIpc) is 2.68. The van der Waals surface area contributed by atoms with Gasteiger partial charge in [-0.2, -0.15) is 11.8 Å². The Bertz CT molecular complexity index is 306. The topological polar surface area (TPSA) is 46.3 Å². The first-order valence-corrected chi connectivity index (χ1v) is 7.27. The summed E-state index contributed by atoms with van der Waals surface area (Å²) in [7, 11) is 0. The number of fused-ring (bicyclic) bond motifs is 2. The van der Waals surface area contributed by atoms with Gasteiger partial charge >= 0.3 is 0 Å². The molecule has 0 radical (unpaired) electrons. The zero-order valence-corrected chi connectivity index (χ0v) is 10.6. The summed E-state index contributed by atoms with van der Waals surface area (Å²) in [5.74, 6) is 1.38. The number of nitrogens with two attached hydrogens (primary N) is 1. The summed E-state index contributed by atoms with van der Waals surface area (Å²) >= 11 is 2.07. The molecule has 0 saturated carbocycles. The highest BCUT2D eigenvalue weighted by Crippen LogP contribution is 2.52. The van der Waals surface area contributed by atoms with Gasteiger partial charge in [0.15, 0.2) is 0 Å². The molecule has 3 unspecified atom stereocenters. The summed E-state index contributed by atoms with van der Waals surface area (Å²) < 4.78 is 0.414. The van der Waals surface area contributed by atoms with Gasteiger partial charge in [-0.05, 0) is 32.1 Å². The van der Waals surface area contributed by atoms with Crippen LogP contribution in [0.1, 0.15) is 39.0 Å². The van der Waals surface area contributed by atoms with E-state index in [0.29, 0.717) is 22.9 Å². The Labute approximate surface area is 101 Å². The van der Waals surface area contributed by atoms with Crippen LogP contribution in [-0.4, -0.2) is 39.4 Å². The molecule has 3 heterocycles. The molecule has 2 N–H and O–H groups in total. The highest BCUT2D eigenvalue weighted by Gasteiger charge is 2.51. The van der Waals surface area contributed by atoms with Crippen LogP contribution >= 0.6 is 11.8 Å². The first-order valence-electron chi connectivity index (χ1n) is 6.28. The van der Waals surface area contributed by atoms with Crippen LogP contribution < -0.4 is 5.73 Å². The van der Waals surface area contributed by atoms with Gasteiger partial charge in [0.25, 0.3) is 0 Å². The summed E-state index contributed by atoms with van der Waals surface area (Å²) in [6.45, 7) is 1.72. The molecule has 1 amide bonds. The molecule has 3 rings (SSSR count). The zero-order chi connectivity index (χ0) is 11.3. The van der Waals surface area contributed by atoms with Gasteiger partial charge in [0.05, 0.1) is 0 Å². The number of rotatable bonds is 0. The van der Waals surface area contributed by atoms with Crippen molar-refractivity contribution in [1.82, 2.24) is 4.90 Å². The molecular weight excluding hydrogens is 220 g/mol.